The lowest BCUT2D eigenvalue weighted by molar-refractivity contribution is -0.139. The number of carbonyl (C=O) groups is 2. The highest BCUT2D eigenvalue weighted by atomic mass is 16.5. The number of carboxylic acid groups (broad SMARTS) is 1. The van der Waals surface area contributed by atoms with Gasteiger partial charge in [-0.05, 0) is 36.3 Å². The van der Waals surface area contributed by atoms with Crippen molar-refractivity contribution in [2.45, 2.75) is 6.92 Å². The molecule has 5 heteroatoms. The first-order valence-electron chi connectivity index (χ1n) is 7.32. The Balaban J connectivity index is 2.16. The van der Waals surface area contributed by atoms with Gasteiger partial charge in [-0.3, -0.25) is 4.79 Å². The van der Waals surface area contributed by atoms with Gasteiger partial charge in [0, 0.05) is 5.56 Å². The van der Waals surface area contributed by atoms with Crippen LogP contribution in [0.4, 0.5) is 0 Å². The number of ketones is 1. The van der Waals surface area contributed by atoms with Crippen molar-refractivity contribution in [1.29, 1.82) is 0 Å². The number of benzene rings is 2. The van der Waals surface area contributed by atoms with Gasteiger partial charge in [0.25, 0.3) is 0 Å². The van der Waals surface area contributed by atoms with E-state index in [-0.39, 0.29) is 5.78 Å². The predicted octanol–water partition coefficient (Wildman–Crippen LogP) is 3.36. The second-order valence-corrected chi connectivity index (χ2v) is 5.11. The van der Waals surface area contributed by atoms with Crippen LogP contribution in [0.15, 0.2) is 48.5 Å². The van der Waals surface area contributed by atoms with Crippen LogP contribution in [0.5, 0.6) is 11.5 Å². The Labute approximate surface area is 140 Å². The molecule has 2 rings (SSSR count). The van der Waals surface area contributed by atoms with E-state index >= 15 is 0 Å². The van der Waals surface area contributed by atoms with E-state index < -0.39 is 12.6 Å². The summed E-state index contributed by atoms with van der Waals surface area (Å²) in [7, 11) is 1.47. The molecule has 124 valence electrons. The van der Waals surface area contributed by atoms with E-state index in [0.29, 0.717) is 17.1 Å². The third kappa shape index (κ3) is 4.46. The van der Waals surface area contributed by atoms with Crippen molar-refractivity contribution in [3.05, 3.63) is 65.2 Å². The number of rotatable bonds is 7. The van der Waals surface area contributed by atoms with Gasteiger partial charge in [0.2, 0.25) is 0 Å². The third-order valence-corrected chi connectivity index (χ3v) is 3.38. The van der Waals surface area contributed by atoms with E-state index in [0.717, 1.165) is 11.1 Å². The van der Waals surface area contributed by atoms with Crippen LogP contribution in [0.25, 0.3) is 6.08 Å². The van der Waals surface area contributed by atoms with Gasteiger partial charge in [0.05, 0.1) is 7.11 Å². The summed E-state index contributed by atoms with van der Waals surface area (Å²) in [5.74, 6) is -0.410. The molecule has 0 bridgehead atoms. The first-order chi connectivity index (χ1) is 11.5. The first-order valence-corrected chi connectivity index (χ1v) is 7.32. The van der Waals surface area contributed by atoms with E-state index in [9.17, 15) is 9.59 Å². The lowest BCUT2D eigenvalue weighted by Crippen LogP contribution is -2.10. The van der Waals surface area contributed by atoms with Gasteiger partial charge >= 0.3 is 5.97 Å². The molecule has 0 aliphatic rings. The van der Waals surface area contributed by atoms with Crippen LogP contribution in [-0.4, -0.2) is 30.6 Å². The normalized spacial score (nSPS) is 10.6. The van der Waals surface area contributed by atoms with E-state index in [4.69, 9.17) is 14.6 Å². The van der Waals surface area contributed by atoms with Gasteiger partial charge in [-0.2, -0.15) is 0 Å². The van der Waals surface area contributed by atoms with Gasteiger partial charge in [0.1, 0.15) is 0 Å². The minimum Gasteiger partial charge on any atom is -0.493 e. The molecule has 0 aromatic heterocycles. The molecule has 0 heterocycles. The summed E-state index contributed by atoms with van der Waals surface area (Å²) in [6, 6.07) is 12.4. The van der Waals surface area contributed by atoms with Crippen molar-refractivity contribution in [2.75, 3.05) is 13.7 Å². The third-order valence-electron chi connectivity index (χ3n) is 3.38. The van der Waals surface area contributed by atoms with Crippen LogP contribution in [0.2, 0.25) is 0 Å². The molecular weight excluding hydrogens is 308 g/mol. The average molecular weight is 326 g/mol. The largest absolute Gasteiger partial charge is 0.493 e. The molecule has 24 heavy (non-hydrogen) atoms. The van der Waals surface area contributed by atoms with E-state index in [1.165, 1.54) is 13.2 Å². The second-order valence-electron chi connectivity index (χ2n) is 5.11. The molecule has 0 saturated carbocycles. The van der Waals surface area contributed by atoms with Crippen molar-refractivity contribution in [2.24, 2.45) is 0 Å². The highest BCUT2D eigenvalue weighted by molar-refractivity contribution is 6.07. The topological polar surface area (TPSA) is 72.8 Å². The summed E-state index contributed by atoms with van der Waals surface area (Å²) in [4.78, 5) is 22.8. The maximum Gasteiger partial charge on any atom is 0.341 e. The SMILES string of the molecule is COc1cc(/C=C/C(=O)c2ccccc2C)ccc1OCC(=O)O. The summed E-state index contributed by atoms with van der Waals surface area (Å²) in [6.45, 7) is 1.44. The summed E-state index contributed by atoms with van der Waals surface area (Å²) >= 11 is 0. The second kappa shape index (κ2) is 7.97. The Hall–Kier alpha value is -3.08. The van der Waals surface area contributed by atoms with Crippen molar-refractivity contribution in [1.82, 2.24) is 0 Å². The zero-order valence-corrected chi connectivity index (χ0v) is 13.5. The quantitative estimate of drug-likeness (QED) is 0.624. The minimum absolute atomic E-state index is 0.0849. The van der Waals surface area contributed by atoms with Crippen LogP contribution in [-0.2, 0) is 4.79 Å². The molecule has 0 spiro atoms. The number of allylic oxidation sites excluding steroid dienone is 1. The fourth-order valence-electron chi connectivity index (χ4n) is 2.16. The highest BCUT2D eigenvalue weighted by Crippen LogP contribution is 2.28. The van der Waals surface area contributed by atoms with Crippen LogP contribution >= 0.6 is 0 Å². The van der Waals surface area contributed by atoms with E-state index in [1.54, 1.807) is 30.3 Å². The standard InChI is InChI=1S/C19H18O5/c1-13-5-3-4-6-15(13)16(20)9-7-14-8-10-17(18(11-14)23-2)24-12-19(21)22/h3-11H,12H2,1-2H3,(H,21,22)/b9-7+. The van der Waals surface area contributed by atoms with Gasteiger partial charge in [-0.15, -0.1) is 0 Å². The van der Waals surface area contributed by atoms with E-state index in [1.807, 2.05) is 25.1 Å². The lowest BCUT2D eigenvalue weighted by atomic mass is 10.0. The maximum absolute atomic E-state index is 12.2. The van der Waals surface area contributed by atoms with Crippen LogP contribution in [0.3, 0.4) is 0 Å². The molecule has 2 aromatic rings. The van der Waals surface area contributed by atoms with Crippen LogP contribution < -0.4 is 9.47 Å². The number of carbonyl (C=O) groups excluding carboxylic acids is 1. The molecule has 0 saturated heterocycles. The minimum atomic E-state index is -1.06. The highest BCUT2D eigenvalue weighted by Gasteiger charge is 2.08. The Morgan fingerprint density at radius 2 is 1.88 bits per heavy atom. The van der Waals surface area contributed by atoms with Crippen LogP contribution in [0.1, 0.15) is 21.5 Å². The van der Waals surface area contributed by atoms with E-state index in [2.05, 4.69) is 0 Å². The smallest absolute Gasteiger partial charge is 0.341 e. The molecule has 5 nitrogen and oxygen atoms in total. The van der Waals surface area contributed by atoms with Crippen molar-refractivity contribution in [3.8, 4) is 11.5 Å². The number of methoxy groups -OCH3 is 1. The molecular formula is C19H18O5. The lowest BCUT2D eigenvalue weighted by Gasteiger charge is -2.09. The Bertz CT molecular complexity index is 777. The average Bonchev–Trinajstić information content (AvgIpc) is 2.58. The Morgan fingerprint density at radius 1 is 1.12 bits per heavy atom. The zero-order chi connectivity index (χ0) is 17.5. The molecule has 0 amide bonds. The fourth-order valence-corrected chi connectivity index (χ4v) is 2.16. The molecule has 0 fully saturated rings. The molecule has 0 unspecified atom stereocenters. The van der Waals surface area contributed by atoms with Crippen molar-refractivity contribution < 1.29 is 24.2 Å². The summed E-state index contributed by atoms with van der Waals surface area (Å²) < 4.78 is 10.3. The number of aliphatic carboxylic acids is 1. The number of carboxylic acids is 1. The van der Waals surface area contributed by atoms with Gasteiger partial charge in [0.15, 0.2) is 23.9 Å². The number of aryl methyl sites for hydroxylation is 1. The van der Waals surface area contributed by atoms with Gasteiger partial charge in [-0.1, -0.05) is 36.4 Å². The van der Waals surface area contributed by atoms with Gasteiger partial charge in [-0.25, -0.2) is 4.79 Å². The van der Waals surface area contributed by atoms with Gasteiger partial charge < -0.3 is 14.6 Å². The summed E-state index contributed by atoms with van der Waals surface area (Å²) in [5, 5.41) is 8.65. The first kappa shape index (κ1) is 17.3. The monoisotopic (exact) mass is 326 g/mol. The molecule has 1 N–H and O–H groups in total. The zero-order valence-electron chi connectivity index (χ0n) is 13.5. The van der Waals surface area contributed by atoms with Crippen molar-refractivity contribution >= 4 is 17.8 Å². The Kier molecular flexibility index (Phi) is 5.73. The number of hydrogen-bond acceptors (Lipinski definition) is 4. The molecule has 0 aliphatic carbocycles. The fraction of sp³-hybridized carbons (Fsp3) is 0.158. The maximum atomic E-state index is 12.2. The molecule has 0 aliphatic heterocycles. The summed E-state index contributed by atoms with van der Waals surface area (Å²) in [5.41, 5.74) is 2.32. The van der Waals surface area contributed by atoms with Crippen LogP contribution in [0, 0.1) is 6.92 Å². The number of hydrogen-bond donors (Lipinski definition) is 1. The number of ether oxygens (including phenoxy) is 2. The predicted molar refractivity (Wildman–Crippen MR) is 90.7 cm³/mol. The Morgan fingerprint density at radius 3 is 2.54 bits per heavy atom. The summed E-state index contributed by atoms with van der Waals surface area (Å²) in [6.07, 6.45) is 3.17. The van der Waals surface area contributed by atoms with Crippen molar-refractivity contribution in [3.63, 3.8) is 0 Å². The molecule has 0 atom stereocenters. The molecule has 2 aromatic carbocycles. The molecule has 0 radical (unpaired) electrons.